The Labute approximate surface area is 185 Å². The summed E-state index contributed by atoms with van der Waals surface area (Å²) < 4.78 is 5.67. The lowest BCUT2D eigenvalue weighted by atomic mass is 10.2. The fraction of sp³-hybridized carbons (Fsp3) is 0.174. The second-order valence-electron chi connectivity index (χ2n) is 6.51. The molecule has 1 fully saturated rings. The normalized spacial score (nSPS) is 15.2. The van der Waals surface area contributed by atoms with E-state index in [1.54, 1.807) is 30.2 Å². The minimum absolute atomic E-state index is 0.115. The molecule has 1 saturated heterocycles. The van der Waals surface area contributed by atoms with E-state index < -0.39 is 0 Å². The molecule has 0 radical (unpaired) electrons. The van der Waals surface area contributed by atoms with Crippen LogP contribution >= 0.6 is 24.0 Å². The van der Waals surface area contributed by atoms with Crippen LogP contribution in [0.5, 0.6) is 5.75 Å². The van der Waals surface area contributed by atoms with Crippen LogP contribution in [0.1, 0.15) is 18.4 Å². The Hall–Kier alpha value is -2.90. The van der Waals surface area contributed by atoms with Gasteiger partial charge >= 0.3 is 0 Å². The summed E-state index contributed by atoms with van der Waals surface area (Å²) in [4.78, 5) is 26.9. The van der Waals surface area contributed by atoms with Crippen molar-refractivity contribution in [3.63, 3.8) is 0 Å². The fourth-order valence-electron chi connectivity index (χ4n) is 2.84. The topological polar surface area (TPSA) is 58.6 Å². The first kappa shape index (κ1) is 21.8. The molecule has 1 aliphatic rings. The van der Waals surface area contributed by atoms with Crippen molar-refractivity contribution in [2.45, 2.75) is 12.8 Å². The number of rotatable bonds is 8. The number of thioether (sulfide) groups is 1. The number of nitrogens with zero attached hydrogens (tertiary/aromatic N) is 1. The van der Waals surface area contributed by atoms with Crippen molar-refractivity contribution < 1.29 is 14.3 Å². The number of carbonyl (C=O) groups excluding carboxylic acids is 2. The molecule has 0 atom stereocenters. The molecule has 0 aliphatic carbocycles. The first-order valence-corrected chi connectivity index (χ1v) is 10.7. The van der Waals surface area contributed by atoms with Gasteiger partial charge in [-0.25, -0.2) is 0 Å². The van der Waals surface area contributed by atoms with Crippen molar-refractivity contribution in [3.8, 4) is 5.75 Å². The van der Waals surface area contributed by atoms with Gasteiger partial charge in [0.25, 0.3) is 5.91 Å². The first-order chi connectivity index (χ1) is 14.6. The molecule has 1 N–H and O–H groups in total. The summed E-state index contributed by atoms with van der Waals surface area (Å²) in [5.41, 5.74) is 1.74. The van der Waals surface area contributed by atoms with E-state index in [1.807, 2.05) is 54.6 Å². The maximum Gasteiger partial charge on any atom is 0.266 e. The van der Waals surface area contributed by atoms with Crippen LogP contribution in [0, 0.1) is 0 Å². The molecule has 2 amide bonds. The fourth-order valence-corrected chi connectivity index (χ4v) is 4.10. The Morgan fingerprint density at radius 2 is 2.00 bits per heavy atom. The summed E-state index contributed by atoms with van der Waals surface area (Å²) in [6.07, 6.45) is 6.39. The lowest BCUT2D eigenvalue weighted by molar-refractivity contribution is -0.122. The number of nitrogens with one attached hydrogen (secondary N) is 1. The lowest BCUT2D eigenvalue weighted by Crippen LogP contribution is -2.29. The summed E-state index contributed by atoms with van der Waals surface area (Å²) in [6.45, 7) is 0.413. The van der Waals surface area contributed by atoms with Gasteiger partial charge in [-0.05, 0) is 30.2 Å². The third-order valence-corrected chi connectivity index (χ3v) is 5.74. The van der Waals surface area contributed by atoms with Gasteiger partial charge in [0.15, 0.2) is 0 Å². The van der Waals surface area contributed by atoms with Crippen LogP contribution in [0.25, 0.3) is 6.08 Å². The quantitative estimate of drug-likeness (QED) is 0.471. The van der Waals surface area contributed by atoms with Crippen LogP contribution in [0.2, 0.25) is 0 Å². The number of thiocarbonyl (C=S) groups is 1. The van der Waals surface area contributed by atoms with Crippen molar-refractivity contribution in [1.29, 1.82) is 0 Å². The molecule has 1 heterocycles. The summed E-state index contributed by atoms with van der Waals surface area (Å²) in [5, 5.41) is 2.84. The highest BCUT2D eigenvalue weighted by atomic mass is 32.2. The van der Waals surface area contributed by atoms with Crippen molar-refractivity contribution in [1.82, 2.24) is 4.90 Å². The number of methoxy groups -OCH3 is 1. The number of hydrogen-bond donors (Lipinski definition) is 1. The molecule has 0 aromatic heterocycles. The Kier molecular flexibility index (Phi) is 7.82. The Balaban J connectivity index is 1.48. The Morgan fingerprint density at radius 1 is 1.20 bits per heavy atom. The van der Waals surface area contributed by atoms with Gasteiger partial charge in [0.05, 0.1) is 12.0 Å². The summed E-state index contributed by atoms with van der Waals surface area (Å²) in [5.74, 6) is 0.449. The number of carbonyl (C=O) groups is 2. The average Bonchev–Trinajstić information content (AvgIpc) is 3.02. The molecule has 154 valence electrons. The standard InChI is InChI=1S/C23H22N2O3S2/c1-28-19-12-6-11-18(16-19)24-21(26)14-7-15-25-22(27)20(30-23(25)29)13-5-10-17-8-3-2-4-9-17/h2-6,8-13,16H,7,14-15H2,1H3,(H,24,26). The van der Waals surface area contributed by atoms with Crippen LogP contribution in [0.15, 0.2) is 71.7 Å². The van der Waals surface area contributed by atoms with Crippen molar-refractivity contribution in [2.24, 2.45) is 0 Å². The molecule has 5 nitrogen and oxygen atoms in total. The molecule has 30 heavy (non-hydrogen) atoms. The molecule has 0 saturated carbocycles. The molecular formula is C23H22N2O3S2. The zero-order valence-corrected chi connectivity index (χ0v) is 18.2. The van der Waals surface area contributed by atoms with Crippen LogP contribution < -0.4 is 10.1 Å². The van der Waals surface area contributed by atoms with Crippen molar-refractivity contribution in [3.05, 3.63) is 77.2 Å². The maximum absolute atomic E-state index is 12.6. The van der Waals surface area contributed by atoms with Gasteiger partial charge in [-0.2, -0.15) is 0 Å². The smallest absolute Gasteiger partial charge is 0.266 e. The SMILES string of the molecule is COc1cccc(NC(=O)CCCN2C(=O)C(=CC=Cc3ccccc3)SC2=S)c1. The maximum atomic E-state index is 12.6. The second kappa shape index (κ2) is 10.8. The lowest BCUT2D eigenvalue weighted by Gasteiger charge is -2.14. The van der Waals surface area contributed by atoms with Crippen LogP contribution in [-0.2, 0) is 9.59 Å². The Morgan fingerprint density at radius 3 is 2.77 bits per heavy atom. The van der Waals surface area contributed by atoms with E-state index >= 15 is 0 Å². The van der Waals surface area contributed by atoms with Crippen molar-refractivity contribution >= 4 is 51.9 Å². The van der Waals surface area contributed by atoms with Gasteiger partial charge < -0.3 is 10.1 Å². The highest BCUT2D eigenvalue weighted by molar-refractivity contribution is 8.26. The number of ether oxygens (including phenoxy) is 1. The highest BCUT2D eigenvalue weighted by Crippen LogP contribution is 2.31. The molecule has 0 bridgehead atoms. The third-order valence-electron chi connectivity index (χ3n) is 4.35. The largest absolute Gasteiger partial charge is 0.497 e. The highest BCUT2D eigenvalue weighted by Gasteiger charge is 2.31. The van der Waals surface area contributed by atoms with E-state index in [4.69, 9.17) is 17.0 Å². The number of amides is 2. The van der Waals surface area contributed by atoms with Gasteiger partial charge in [0.1, 0.15) is 10.1 Å². The Bertz CT molecular complexity index is 987. The summed E-state index contributed by atoms with van der Waals surface area (Å²) >= 11 is 6.62. The number of allylic oxidation sites excluding steroid dienone is 2. The predicted molar refractivity (Wildman–Crippen MR) is 126 cm³/mol. The van der Waals surface area contributed by atoms with Crippen LogP contribution in [0.3, 0.4) is 0 Å². The first-order valence-electron chi connectivity index (χ1n) is 9.48. The minimum Gasteiger partial charge on any atom is -0.497 e. The van der Waals surface area contributed by atoms with Crippen LogP contribution in [-0.4, -0.2) is 34.7 Å². The van der Waals surface area contributed by atoms with Crippen LogP contribution in [0.4, 0.5) is 5.69 Å². The predicted octanol–water partition coefficient (Wildman–Crippen LogP) is 4.87. The van der Waals surface area contributed by atoms with Gasteiger partial charge in [0, 0.05) is 24.7 Å². The minimum atomic E-state index is -0.116. The molecule has 3 rings (SSSR count). The van der Waals surface area contributed by atoms with Gasteiger partial charge in [-0.3, -0.25) is 14.5 Å². The van der Waals surface area contributed by atoms with Gasteiger partial charge in [0.2, 0.25) is 5.91 Å². The van der Waals surface area contributed by atoms with Gasteiger partial charge in [-0.15, -0.1) is 0 Å². The molecule has 0 spiro atoms. The van der Waals surface area contributed by atoms with E-state index in [-0.39, 0.29) is 11.8 Å². The monoisotopic (exact) mass is 438 g/mol. The summed E-state index contributed by atoms with van der Waals surface area (Å²) in [6, 6.07) is 17.1. The molecule has 0 unspecified atom stereocenters. The van der Waals surface area contributed by atoms with Gasteiger partial charge in [-0.1, -0.05) is 72.5 Å². The van der Waals surface area contributed by atoms with E-state index in [2.05, 4.69) is 5.32 Å². The van der Waals surface area contributed by atoms with E-state index in [0.717, 1.165) is 5.56 Å². The molecule has 2 aromatic rings. The average molecular weight is 439 g/mol. The van der Waals surface area contributed by atoms with Crippen molar-refractivity contribution in [2.75, 3.05) is 19.0 Å². The molecular weight excluding hydrogens is 416 g/mol. The van der Waals surface area contributed by atoms with E-state index in [0.29, 0.717) is 40.0 Å². The molecule has 2 aromatic carbocycles. The number of hydrogen-bond acceptors (Lipinski definition) is 5. The third kappa shape index (κ3) is 6.05. The molecule has 1 aliphatic heterocycles. The zero-order chi connectivity index (χ0) is 21.3. The summed E-state index contributed by atoms with van der Waals surface area (Å²) in [7, 11) is 1.58. The molecule has 7 heteroatoms. The van der Waals surface area contributed by atoms with E-state index in [1.165, 1.54) is 11.8 Å². The number of benzene rings is 2. The number of anilines is 1. The zero-order valence-electron chi connectivity index (χ0n) is 16.5. The second-order valence-corrected chi connectivity index (χ2v) is 8.18. The van der Waals surface area contributed by atoms with E-state index in [9.17, 15) is 9.59 Å².